The standard InChI is InChI=1S/C24H29N6O8P.C12H17ClNO4P.C12H13N5O4.C4H6N2.C3H9O4P.CH4/c1-14(2)36-23(33)15(3)29-39(34,38-16-7-5-4-6-8-16)35-11-18-20(31)21(32)24(12-25,37-18)19-10-9-17-22(26)27-13-28-30(17)19;1-9(2)17-12(15)10(3)14-19(13,16)18-11-7-5-4-6-8-11;13-4-12(10(20)9(19)7(3-18)21-12)8-2-1-6-11(14)15-5-16-17(6)8;1-6-3-2-5-4-6;1-5-8(4,6-2)7-3;/h4-10,13-15,18,20-21,31-32H,11H2,1-3H3,(H,29,34)(H2,26,27,28);4-10H,1-3H3,(H,14,16);1-2,5,7,9-10,18-20H,3H2,(H2,14,15,16);2-4H,1H3;1-3H3;1H4/t15-,18+,20+,21+,24-,39?;10-,19?;7-,9-,10-,12+;;;/m001.../s1. The molecule has 0 aliphatic carbocycles. The van der Waals surface area contributed by atoms with Crippen LogP contribution in [0.5, 0.6) is 11.5 Å². The van der Waals surface area contributed by atoms with Gasteiger partial charge in [0.1, 0.15) is 96.0 Å². The SMILES string of the molecule is C.CC(C)OC(=O)[C@H](C)NP(=O)(Cl)Oc1ccccc1.CC(C)OC(=O)[C@H](C)NP(=O)(OC[C@H]1O[C@@](C#N)(c2ccc3c(N)ncnn23)[C@H](O)[C@@H]1O)Oc1ccccc1.COP(=O)(OC)OC.Cn1ccnc1.N#C[C@@]1(c2ccc3c(N)ncnn23)O[C@H](CO)[C@@H](O)[C@H]1O. The zero-order valence-electron chi connectivity index (χ0n) is 51.9. The van der Waals surface area contributed by atoms with Crippen molar-refractivity contribution in [2.75, 3.05) is 46.0 Å². The van der Waals surface area contributed by atoms with E-state index in [1.165, 1.54) is 81.1 Å². The van der Waals surface area contributed by atoms with Crippen molar-refractivity contribution in [1.82, 2.24) is 48.9 Å². The number of carbonyl (C=O) groups excluding carboxylic acids is 2. The second kappa shape index (κ2) is 35.3. The molecule has 7 heterocycles. The molecule has 2 unspecified atom stereocenters. The number of halogens is 1. The lowest BCUT2D eigenvalue weighted by Gasteiger charge is -2.25. The monoisotopic (exact) mass is 1390 g/mol. The lowest BCUT2D eigenvalue weighted by atomic mass is 9.92. The van der Waals surface area contributed by atoms with Crippen molar-refractivity contribution < 1.29 is 94.9 Å². The normalized spacial score (nSPS) is 22.4. The van der Waals surface area contributed by atoms with Crippen LogP contribution in [0, 0.1) is 22.7 Å². The number of nitriles is 2. The van der Waals surface area contributed by atoms with Gasteiger partial charge in [-0.25, -0.2) is 42.8 Å². The van der Waals surface area contributed by atoms with Crippen LogP contribution in [0.15, 0.2) is 116 Å². The zero-order chi connectivity index (χ0) is 69.1. The van der Waals surface area contributed by atoms with E-state index < -0.39 is 114 Å². The van der Waals surface area contributed by atoms with E-state index >= 15 is 0 Å². The highest BCUT2D eigenvalue weighted by molar-refractivity contribution is 7.84. The van der Waals surface area contributed by atoms with Crippen molar-refractivity contribution in [2.24, 2.45) is 7.05 Å². The van der Waals surface area contributed by atoms with E-state index in [4.69, 9.17) is 55.2 Å². The summed E-state index contributed by atoms with van der Waals surface area (Å²) in [5.74, 6) is -0.356. The van der Waals surface area contributed by atoms with Gasteiger partial charge in [-0.1, -0.05) is 43.8 Å². The van der Waals surface area contributed by atoms with Crippen LogP contribution in [0.25, 0.3) is 11.0 Å². The van der Waals surface area contributed by atoms with Crippen molar-refractivity contribution >= 4 is 68.3 Å². The Labute approximate surface area is 546 Å². The third kappa shape index (κ3) is 20.3. The molecule has 38 heteroatoms. The number of ether oxygens (including phenoxy) is 4. The number of aliphatic hydroxyl groups excluding tert-OH is 5. The van der Waals surface area contributed by atoms with Gasteiger partial charge in [0.05, 0.1) is 43.1 Å². The number of hydrogen-bond donors (Lipinski definition) is 9. The van der Waals surface area contributed by atoms with Crippen molar-refractivity contribution in [3.05, 3.63) is 128 Å². The number of imidazole rings is 1. The van der Waals surface area contributed by atoms with E-state index in [-0.39, 0.29) is 42.3 Å². The Morgan fingerprint density at radius 3 is 1.48 bits per heavy atom. The Kier molecular flexibility index (Phi) is 29.6. The number of phosphoric acid groups is 1. The van der Waals surface area contributed by atoms with Gasteiger partial charge in [0.2, 0.25) is 11.2 Å². The summed E-state index contributed by atoms with van der Waals surface area (Å²) >= 11 is 5.76. The van der Waals surface area contributed by atoms with Gasteiger partial charge in [0.15, 0.2) is 11.6 Å². The summed E-state index contributed by atoms with van der Waals surface area (Å²) in [5, 5.41) is 83.6. The molecule has 0 spiro atoms. The number of para-hydroxylation sites is 2. The summed E-state index contributed by atoms with van der Waals surface area (Å²) < 4.78 is 91.6. The number of rotatable bonds is 21. The summed E-state index contributed by atoms with van der Waals surface area (Å²) in [4.78, 5) is 35.4. The Morgan fingerprint density at radius 1 is 0.691 bits per heavy atom. The van der Waals surface area contributed by atoms with Crippen LogP contribution in [-0.2, 0) is 78.6 Å². The van der Waals surface area contributed by atoms with Crippen molar-refractivity contribution in [1.29, 1.82) is 10.5 Å². The molecule has 2 aliphatic rings. The molecule has 0 amide bonds. The first-order valence-corrected chi connectivity index (χ1v) is 33.3. The number of esters is 2. The minimum atomic E-state index is -4.30. The van der Waals surface area contributed by atoms with Crippen LogP contribution in [0.1, 0.15) is 60.4 Å². The number of carbonyl (C=O) groups is 2. The van der Waals surface area contributed by atoms with E-state index in [2.05, 4.69) is 48.9 Å². The smallest absolute Gasteiger partial charge is 0.462 e. The maximum Gasteiger partial charge on any atom is 0.473 e. The number of nitrogens with zero attached hydrogens (tertiary/aromatic N) is 10. The van der Waals surface area contributed by atoms with Gasteiger partial charge in [-0.3, -0.25) is 27.7 Å². The fraction of sp³-hybridized carbons (Fsp3) is 0.446. The molecular formula is C56H78ClN14O20P3. The molecule has 12 atom stereocenters. The average molecular weight is 1400 g/mol. The molecule has 2 saturated heterocycles. The summed E-state index contributed by atoms with van der Waals surface area (Å²) in [7, 11) is -1.75. The molecule has 7 aromatic rings. The molecule has 5 aromatic heterocycles. The summed E-state index contributed by atoms with van der Waals surface area (Å²) in [6, 6.07) is 24.5. The number of hydrogen-bond acceptors (Lipinski definition) is 29. The van der Waals surface area contributed by atoms with Gasteiger partial charge in [-0.15, -0.1) is 0 Å². The maximum atomic E-state index is 13.7. The molecule has 2 aliphatic heterocycles. The lowest BCUT2D eigenvalue weighted by Crippen LogP contribution is -2.41. The van der Waals surface area contributed by atoms with Crippen LogP contribution in [0.3, 0.4) is 0 Å². The number of phosphoric ester groups is 1. The van der Waals surface area contributed by atoms with Crippen molar-refractivity contribution in [2.45, 2.75) is 121 Å². The number of nitrogens with two attached hydrogens (primary N) is 2. The minimum Gasteiger partial charge on any atom is -0.462 e. The summed E-state index contributed by atoms with van der Waals surface area (Å²) in [6.07, 6.45) is -1.60. The number of nitrogens with one attached hydrogen (secondary N) is 2. The number of aliphatic hydroxyl groups is 5. The molecule has 0 bridgehead atoms. The molecule has 9 rings (SSSR count). The molecule has 514 valence electrons. The topological polar surface area (TPSA) is 481 Å². The van der Waals surface area contributed by atoms with Gasteiger partial charge in [-0.2, -0.15) is 25.8 Å². The van der Waals surface area contributed by atoms with E-state index in [1.54, 1.807) is 101 Å². The zero-order valence-corrected chi connectivity index (χ0v) is 55.3. The van der Waals surface area contributed by atoms with Crippen LogP contribution >= 0.6 is 33.7 Å². The lowest BCUT2D eigenvalue weighted by molar-refractivity contribution is -0.149. The van der Waals surface area contributed by atoms with Crippen LogP contribution < -0.4 is 30.7 Å². The maximum absolute atomic E-state index is 13.7. The van der Waals surface area contributed by atoms with Gasteiger partial charge >= 0.3 is 34.4 Å². The summed E-state index contributed by atoms with van der Waals surface area (Å²) in [5.41, 5.74) is 8.78. The van der Waals surface area contributed by atoms with E-state index in [0.29, 0.717) is 16.8 Å². The highest BCUT2D eigenvalue weighted by Gasteiger charge is 2.59. The molecule has 11 N–H and O–H groups in total. The summed E-state index contributed by atoms with van der Waals surface area (Å²) in [6.45, 7) is 4.96. The Hall–Kier alpha value is -7.53. The molecule has 94 heavy (non-hydrogen) atoms. The molecular weight excluding hydrogens is 1320 g/mol. The number of aryl methyl sites for hydroxylation is 1. The van der Waals surface area contributed by atoms with Gasteiger partial charge in [-0.05, 0) is 90.1 Å². The second-order valence-corrected chi connectivity index (χ2v) is 26.8. The van der Waals surface area contributed by atoms with Crippen LogP contribution in [0.2, 0.25) is 0 Å². The fourth-order valence-corrected chi connectivity index (χ4v) is 12.1. The first-order valence-electron chi connectivity index (χ1n) is 27.8. The Balaban J connectivity index is 0.000000287. The van der Waals surface area contributed by atoms with E-state index in [1.807, 2.05) is 30.0 Å². The predicted octanol–water partition coefficient (Wildman–Crippen LogP) is 4.86. The average Bonchev–Trinajstić information content (AvgIpc) is 1.59. The largest absolute Gasteiger partial charge is 0.473 e. The van der Waals surface area contributed by atoms with Crippen LogP contribution in [-0.4, -0.2) is 172 Å². The molecule has 34 nitrogen and oxygen atoms in total. The number of aromatic nitrogens is 8. The highest BCUT2D eigenvalue weighted by Crippen LogP contribution is 2.50. The van der Waals surface area contributed by atoms with Crippen molar-refractivity contribution in [3.63, 3.8) is 0 Å². The minimum absolute atomic E-state index is 0. The third-order valence-electron chi connectivity index (χ3n) is 12.9. The number of benzene rings is 2. The second-order valence-electron chi connectivity index (χ2n) is 20.4. The van der Waals surface area contributed by atoms with E-state index in [9.17, 15) is 59.3 Å². The van der Waals surface area contributed by atoms with Gasteiger partial charge in [0.25, 0.3) is 0 Å². The molecule has 2 aromatic carbocycles. The van der Waals surface area contributed by atoms with Crippen LogP contribution in [0.4, 0.5) is 11.6 Å². The molecule has 0 radical (unpaired) electrons. The number of anilines is 2. The Bertz CT molecular complexity index is 3760. The molecule has 2 fully saturated rings. The van der Waals surface area contributed by atoms with Crippen molar-refractivity contribution in [3.8, 4) is 23.6 Å². The fourth-order valence-electron chi connectivity index (χ4n) is 8.43. The Morgan fingerprint density at radius 2 is 1.12 bits per heavy atom. The molecule has 0 saturated carbocycles. The quantitative estimate of drug-likeness (QED) is 0.0342. The number of nitrogen functional groups attached to an aromatic ring is 2. The number of fused-ring (bicyclic) bond motifs is 2. The first kappa shape index (κ1) is 78.9. The third-order valence-corrected chi connectivity index (χ3v) is 17.5. The first-order chi connectivity index (χ1) is 43.9. The van der Waals surface area contributed by atoms with E-state index in [0.717, 1.165) is 0 Å². The van der Waals surface area contributed by atoms with Gasteiger partial charge in [0, 0.05) is 52.0 Å². The predicted molar refractivity (Wildman–Crippen MR) is 338 cm³/mol. The highest BCUT2D eigenvalue weighted by atomic mass is 35.7. The van der Waals surface area contributed by atoms with Gasteiger partial charge < -0.3 is 69.6 Å².